The molecule has 0 unspecified atom stereocenters. The minimum Gasteiger partial charge on any atom is -0.385 e. The fourth-order valence-corrected chi connectivity index (χ4v) is 2.84. The normalized spacial score (nSPS) is 16.3. The van der Waals surface area contributed by atoms with Crippen LogP contribution in [0.3, 0.4) is 0 Å². The molecule has 0 radical (unpaired) electrons. The molecule has 0 bridgehead atoms. The van der Waals surface area contributed by atoms with Gasteiger partial charge in [-0.1, -0.05) is 44.2 Å². The zero-order valence-corrected chi connectivity index (χ0v) is 13.6. The molecular weight excluding hydrogens is 292 g/mol. The molecule has 1 aliphatic rings. The van der Waals surface area contributed by atoms with E-state index < -0.39 is 11.0 Å². The fraction of sp³-hybridized carbons (Fsp3) is 0.500. The Morgan fingerprint density at radius 3 is 2.43 bits per heavy atom. The Balaban J connectivity index is 1.88. The van der Waals surface area contributed by atoms with E-state index in [1.807, 2.05) is 38.1 Å². The number of amides is 1. The molecule has 1 fully saturated rings. The number of nitrogens with zero attached hydrogens (tertiary/aromatic N) is 2. The summed E-state index contributed by atoms with van der Waals surface area (Å²) in [4.78, 5) is 26.1. The Labute approximate surface area is 136 Å². The lowest BCUT2D eigenvalue weighted by Gasteiger charge is -2.46. The van der Waals surface area contributed by atoms with Crippen molar-refractivity contribution in [2.75, 3.05) is 13.1 Å². The number of hydrogen-bond donors (Lipinski definition) is 1. The van der Waals surface area contributed by atoms with Gasteiger partial charge in [0.2, 0.25) is 5.91 Å². The minimum absolute atomic E-state index is 0.0213. The van der Waals surface area contributed by atoms with E-state index in [1.165, 1.54) is 0 Å². The van der Waals surface area contributed by atoms with E-state index in [2.05, 4.69) is 0 Å². The number of carbonyl (C=O) groups excluding carboxylic acids is 2. The van der Waals surface area contributed by atoms with Gasteiger partial charge in [0.05, 0.1) is 25.6 Å². The zero-order chi connectivity index (χ0) is 17.1. The molecule has 0 spiro atoms. The van der Waals surface area contributed by atoms with Crippen LogP contribution in [-0.4, -0.2) is 40.4 Å². The Morgan fingerprint density at radius 2 is 1.87 bits per heavy atom. The van der Waals surface area contributed by atoms with E-state index >= 15 is 0 Å². The molecular formula is C18H22N2O3. The molecule has 1 N–H and O–H groups in total. The number of Topliss-reactive ketones (excluding diaryl/α,β-unsaturated/α-hetero) is 1. The summed E-state index contributed by atoms with van der Waals surface area (Å²) in [6.45, 7) is 4.18. The van der Waals surface area contributed by atoms with Crippen molar-refractivity contribution >= 4 is 11.7 Å². The number of carbonyl (C=O) groups is 2. The fourth-order valence-electron chi connectivity index (χ4n) is 2.84. The number of rotatable bonds is 6. The van der Waals surface area contributed by atoms with Gasteiger partial charge in [-0.3, -0.25) is 9.59 Å². The van der Waals surface area contributed by atoms with Crippen molar-refractivity contribution in [3.05, 3.63) is 35.9 Å². The van der Waals surface area contributed by atoms with E-state index in [0.29, 0.717) is 12.0 Å². The molecule has 2 rings (SSSR count). The maximum Gasteiger partial charge on any atom is 0.223 e. The lowest BCUT2D eigenvalue weighted by molar-refractivity contribution is -0.156. The predicted molar refractivity (Wildman–Crippen MR) is 85.5 cm³/mol. The number of nitriles is 1. The Morgan fingerprint density at radius 1 is 1.26 bits per heavy atom. The highest BCUT2D eigenvalue weighted by molar-refractivity contribution is 5.96. The van der Waals surface area contributed by atoms with Crippen molar-refractivity contribution in [2.24, 2.45) is 5.41 Å². The topological polar surface area (TPSA) is 81.4 Å². The second-order valence-electron chi connectivity index (χ2n) is 7.12. The Bertz CT molecular complexity index is 625. The van der Waals surface area contributed by atoms with Crippen molar-refractivity contribution in [3.8, 4) is 6.07 Å². The van der Waals surface area contributed by atoms with Gasteiger partial charge in [0.1, 0.15) is 5.60 Å². The van der Waals surface area contributed by atoms with Gasteiger partial charge >= 0.3 is 0 Å². The summed E-state index contributed by atoms with van der Waals surface area (Å²) in [5, 5.41) is 18.6. The molecule has 122 valence electrons. The summed E-state index contributed by atoms with van der Waals surface area (Å²) in [5.74, 6) is -0.0635. The molecule has 1 amide bonds. The van der Waals surface area contributed by atoms with Crippen molar-refractivity contribution in [1.29, 1.82) is 5.26 Å². The van der Waals surface area contributed by atoms with E-state index in [9.17, 15) is 14.7 Å². The first-order valence-electron chi connectivity index (χ1n) is 7.70. The van der Waals surface area contributed by atoms with Crippen LogP contribution in [0.25, 0.3) is 0 Å². The predicted octanol–water partition coefficient (Wildman–Crippen LogP) is 2.16. The number of hydrogen-bond acceptors (Lipinski definition) is 4. The summed E-state index contributed by atoms with van der Waals surface area (Å²) in [6.07, 6.45) is 0.569. The number of ketones is 1. The highest BCUT2D eigenvalue weighted by Crippen LogP contribution is 2.31. The standard InChI is InChI=1S/C18H22N2O3/c1-17(2,10-15(21)14-6-4-3-5-7-14)11-16(22)20-12-18(23,13-20)8-9-19/h3-7,23H,8,10-13H2,1-2H3. The van der Waals surface area contributed by atoms with Crippen molar-refractivity contribution < 1.29 is 14.7 Å². The van der Waals surface area contributed by atoms with Crippen molar-refractivity contribution in [2.45, 2.75) is 38.7 Å². The molecule has 1 heterocycles. The summed E-state index contributed by atoms with van der Waals surface area (Å²) in [5.41, 5.74) is -0.859. The van der Waals surface area contributed by atoms with Crippen molar-refractivity contribution in [1.82, 2.24) is 4.90 Å². The SMILES string of the molecule is CC(C)(CC(=O)c1ccccc1)CC(=O)N1CC(O)(CC#N)C1. The Kier molecular flexibility index (Phi) is 4.86. The summed E-state index contributed by atoms with van der Waals surface area (Å²) >= 11 is 0. The second kappa shape index (κ2) is 6.51. The molecule has 1 aliphatic heterocycles. The third-order valence-electron chi connectivity index (χ3n) is 4.10. The van der Waals surface area contributed by atoms with Crippen LogP contribution in [0.15, 0.2) is 30.3 Å². The van der Waals surface area contributed by atoms with Gasteiger partial charge in [0, 0.05) is 18.4 Å². The largest absolute Gasteiger partial charge is 0.385 e. The van der Waals surface area contributed by atoms with E-state index in [1.54, 1.807) is 17.0 Å². The maximum absolute atomic E-state index is 12.3. The summed E-state index contributed by atoms with van der Waals surface area (Å²) in [7, 11) is 0. The smallest absolute Gasteiger partial charge is 0.223 e. The average molecular weight is 314 g/mol. The third-order valence-corrected chi connectivity index (χ3v) is 4.10. The van der Waals surface area contributed by atoms with E-state index in [-0.39, 0.29) is 37.6 Å². The van der Waals surface area contributed by atoms with Crippen molar-refractivity contribution in [3.63, 3.8) is 0 Å². The monoisotopic (exact) mass is 314 g/mol. The molecule has 1 aromatic carbocycles. The van der Waals surface area contributed by atoms with Crippen LogP contribution in [0.2, 0.25) is 0 Å². The van der Waals surface area contributed by atoms with E-state index in [0.717, 1.165) is 0 Å². The molecule has 1 saturated heterocycles. The highest BCUT2D eigenvalue weighted by Gasteiger charge is 2.44. The van der Waals surface area contributed by atoms with Gasteiger partial charge in [0.25, 0.3) is 0 Å². The lowest BCUT2D eigenvalue weighted by Crippen LogP contribution is -2.63. The molecule has 5 nitrogen and oxygen atoms in total. The van der Waals surface area contributed by atoms with Crippen LogP contribution < -0.4 is 0 Å². The van der Waals surface area contributed by atoms with Gasteiger partial charge in [-0.15, -0.1) is 0 Å². The van der Waals surface area contributed by atoms with Gasteiger partial charge in [-0.05, 0) is 5.41 Å². The van der Waals surface area contributed by atoms with Gasteiger partial charge in [-0.2, -0.15) is 5.26 Å². The summed E-state index contributed by atoms with van der Waals surface area (Å²) < 4.78 is 0. The average Bonchev–Trinajstić information content (AvgIpc) is 2.44. The maximum atomic E-state index is 12.3. The molecule has 0 aliphatic carbocycles. The molecule has 0 atom stereocenters. The molecule has 5 heteroatoms. The first-order chi connectivity index (χ1) is 10.7. The molecule has 23 heavy (non-hydrogen) atoms. The van der Waals surface area contributed by atoms with Crippen LogP contribution in [-0.2, 0) is 4.79 Å². The second-order valence-corrected chi connectivity index (χ2v) is 7.12. The number of benzene rings is 1. The number of likely N-dealkylation sites (tertiary alicyclic amines) is 1. The molecule has 0 saturated carbocycles. The summed E-state index contributed by atoms with van der Waals surface area (Å²) in [6, 6.07) is 11.0. The zero-order valence-electron chi connectivity index (χ0n) is 13.6. The molecule has 0 aromatic heterocycles. The van der Waals surface area contributed by atoms with E-state index in [4.69, 9.17) is 5.26 Å². The highest BCUT2D eigenvalue weighted by atomic mass is 16.3. The quantitative estimate of drug-likeness (QED) is 0.816. The van der Waals surface area contributed by atoms with Gasteiger partial charge in [0.15, 0.2) is 5.78 Å². The van der Waals surface area contributed by atoms with Crippen LogP contribution in [0.4, 0.5) is 0 Å². The lowest BCUT2D eigenvalue weighted by atomic mass is 9.81. The van der Waals surface area contributed by atoms with Gasteiger partial charge in [-0.25, -0.2) is 0 Å². The van der Waals surface area contributed by atoms with Crippen LogP contribution in [0, 0.1) is 16.7 Å². The Hall–Kier alpha value is -2.19. The molecule has 1 aromatic rings. The van der Waals surface area contributed by atoms with Gasteiger partial charge < -0.3 is 10.0 Å². The number of β-amino-alcohol motifs (C(OH)–C–C–N with tert-alkyl or cyclic N) is 1. The van der Waals surface area contributed by atoms with Crippen LogP contribution in [0.5, 0.6) is 0 Å². The van der Waals surface area contributed by atoms with Crippen LogP contribution in [0.1, 0.15) is 43.5 Å². The third kappa shape index (κ3) is 4.40. The van der Waals surface area contributed by atoms with Crippen LogP contribution >= 0.6 is 0 Å². The first-order valence-corrected chi connectivity index (χ1v) is 7.70. The number of aliphatic hydroxyl groups is 1. The minimum atomic E-state index is -1.06. The first kappa shape index (κ1) is 17.2.